The van der Waals surface area contributed by atoms with Crippen LogP contribution in [0, 0.1) is 6.92 Å². The van der Waals surface area contributed by atoms with Crippen molar-refractivity contribution in [2.24, 2.45) is 0 Å². The first-order valence-corrected chi connectivity index (χ1v) is 7.97. The van der Waals surface area contributed by atoms with Crippen molar-refractivity contribution in [2.45, 2.75) is 32.2 Å². The third kappa shape index (κ3) is 2.53. The minimum Gasteiger partial charge on any atom is -0.480 e. The third-order valence-corrected chi connectivity index (χ3v) is 4.96. The van der Waals surface area contributed by atoms with E-state index < -0.39 is 12.0 Å². The molecule has 0 unspecified atom stereocenters. The normalized spacial score (nSPS) is 18.9. The highest BCUT2D eigenvalue weighted by molar-refractivity contribution is 7.17. The van der Waals surface area contributed by atoms with E-state index >= 15 is 0 Å². The van der Waals surface area contributed by atoms with E-state index in [2.05, 4.69) is 6.07 Å². The van der Waals surface area contributed by atoms with E-state index in [1.165, 1.54) is 16.2 Å². The molecule has 1 atom stereocenters. The topological polar surface area (TPSA) is 57.6 Å². The molecule has 2 heterocycles. The summed E-state index contributed by atoms with van der Waals surface area (Å²) in [6.07, 6.45) is 2.28. The maximum absolute atomic E-state index is 12.7. The fourth-order valence-corrected chi connectivity index (χ4v) is 3.92. The van der Waals surface area contributed by atoms with Crippen LogP contribution in [0.1, 0.15) is 35.2 Å². The zero-order valence-corrected chi connectivity index (χ0v) is 12.7. The number of amides is 1. The van der Waals surface area contributed by atoms with Crippen molar-refractivity contribution in [3.05, 3.63) is 34.7 Å². The van der Waals surface area contributed by atoms with Gasteiger partial charge in [-0.15, -0.1) is 11.3 Å². The lowest BCUT2D eigenvalue weighted by molar-refractivity contribution is -0.143. The summed E-state index contributed by atoms with van der Waals surface area (Å²) < 4.78 is 1.07. The molecule has 1 N–H and O–H groups in total. The smallest absolute Gasteiger partial charge is 0.326 e. The summed E-state index contributed by atoms with van der Waals surface area (Å²) in [4.78, 5) is 25.6. The summed E-state index contributed by atoms with van der Waals surface area (Å²) in [5.74, 6) is -1.06. The number of likely N-dealkylation sites (tertiary alicyclic amines) is 1. The summed E-state index contributed by atoms with van der Waals surface area (Å²) in [5, 5.41) is 12.1. The minimum absolute atomic E-state index is 0.155. The molecular formula is C16H17NO3S. The van der Waals surface area contributed by atoms with Crippen LogP contribution in [0.25, 0.3) is 10.1 Å². The number of thiophene rings is 1. The predicted octanol–water partition coefficient (Wildman–Crippen LogP) is 3.29. The van der Waals surface area contributed by atoms with E-state index in [1.54, 1.807) is 0 Å². The maximum Gasteiger partial charge on any atom is 0.326 e. The van der Waals surface area contributed by atoms with Crippen LogP contribution in [0.15, 0.2) is 23.6 Å². The van der Waals surface area contributed by atoms with Crippen molar-refractivity contribution in [3.8, 4) is 0 Å². The first-order valence-electron chi connectivity index (χ1n) is 7.09. The number of hydrogen-bond donors (Lipinski definition) is 1. The number of rotatable bonds is 2. The molecule has 1 saturated heterocycles. The van der Waals surface area contributed by atoms with Crippen LogP contribution in [0.2, 0.25) is 0 Å². The highest BCUT2D eigenvalue weighted by Gasteiger charge is 2.33. The quantitative estimate of drug-likeness (QED) is 0.926. The van der Waals surface area contributed by atoms with E-state index in [1.807, 2.05) is 24.4 Å². The van der Waals surface area contributed by atoms with Gasteiger partial charge < -0.3 is 10.0 Å². The molecule has 110 valence electrons. The van der Waals surface area contributed by atoms with Gasteiger partial charge in [0.15, 0.2) is 0 Å². The highest BCUT2D eigenvalue weighted by Crippen LogP contribution is 2.29. The van der Waals surface area contributed by atoms with Gasteiger partial charge in [-0.05, 0) is 37.8 Å². The van der Waals surface area contributed by atoms with E-state index in [0.29, 0.717) is 18.5 Å². The second-order valence-corrected chi connectivity index (χ2v) is 6.41. The van der Waals surface area contributed by atoms with Gasteiger partial charge in [0.25, 0.3) is 5.91 Å². The van der Waals surface area contributed by atoms with Gasteiger partial charge in [-0.3, -0.25) is 4.79 Å². The Hall–Kier alpha value is -1.88. The van der Waals surface area contributed by atoms with Crippen molar-refractivity contribution in [3.63, 3.8) is 0 Å². The first-order chi connectivity index (χ1) is 10.1. The lowest BCUT2D eigenvalue weighted by Crippen LogP contribution is -2.47. The van der Waals surface area contributed by atoms with Crippen molar-refractivity contribution >= 4 is 33.3 Å². The monoisotopic (exact) mass is 303 g/mol. The van der Waals surface area contributed by atoms with Crippen molar-refractivity contribution < 1.29 is 14.7 Å². The summed E-state index contributed by atoms with van der Waals surface area (Å²) in [6, 6.07) is 5.30. The summed E-state index contributed by atoms with van der Waals surface area (Å²) in [5.41, 5.74) is 1.79. The van der Waals surface area contributed by atoms with Gasteiger partial charge in [0, 0.05) is 22.0 Å². The van der Waals surface area contributed by atoms with Crippen molar-refractivity contribution in [1.82, 2.24) is 4.90 Å². The molecule has 1 amide bonds. The molecule has 2 aromatic rings. The zero-order valence-electron chi connectivity index (χ0n) is 11.8. The van der Waals surface area contributed by atoms with Crippen LogP contribution in [0.5, 0.6) is 0 Å². The van der Waals surface area contributed by atoms with Crippen LogP contribution in [0.3, 0.4) is 0 Å². The minimum atomic E-state index is -0.904. The fraction of sp³-hybridized carbons (Fsp3) is 0.375. The number of piperidine rings is 1. The lowest BCUT2D eigenvalue weighted by Gasteiger charge is -2.32. The average molecular weight is 303 g/mol. The molecule has 1 fully saturated rings. The van der Waals surface area contributed by atoms with Gasteiger partial charge in [0.05, 0.1) is 5.56 Å². The van der Waals surface area contributed by atoms with Crippen LogP contribution in [0.4, 0.5) is 0 Å². The van der Waals surface area contributed by atoms with Crippen LogP contribution in [-0.2, 0) is 4.79 Å². The van der Waals surface area contributed by atoms with Gasteiger partial charge in [0.1, 0.15) is 6.04 Å². The SMILES string of the molecule is Cc1ccc2c(C(=O)N3CCCC[C@@H]3C(=O)O)csc2c1. The Morgan fingerprint density at radius 2 is 2.14 bits per heavy atom. The number of fused-ring (bicyclic) bond motifs is 1. The van der Waals surface area contributed by atoms with Crippen molar-refractivity contribution in [2.75, 3.05) is 6.54 Å². The summed E-state index contributed by atoms with van der Waals surface area (Å²) >= 11 is 1.54. The van der Waals surface area contributed by atoms with E-state index in [9.17, 15) is 14.7 Å². The van der Waals surface area contributed by atoms with Gasteiger partial charge in [0.2, 0.25) is 0 Å². The second kappa shape index (κ2) is 5.48. The molecule has 0 radical (unpaired) electrons. The van der Waals surface area contributed by atoms with Gasteiger partial charge in [-0.1, -0.05) is 12.1 Å². The molecule has 0 aliphatic carbocycles. The Balaban J connectivity index is 1.97. The number of carboxylic acids is 1. The maximum atomic E-state index is 12.7. The first kappa shape index (κ1) is 14.1. The van der Waals surface area contributed by atoms with E-state index in [0.717, 1.165) is 28.5 Å². The Morgan fingerprint density at radius 1 is 1.33 bits per heavy atom. The Morgan fingerprint density at radius 3 is 2.90 bits per heavy atom. The molecule has 0 spiro atoms. The van der Waals surface area contributed by atoms with Crippen molar-refractivity contribution in [1.29, 1.82) is 0 Å². The molecule has 4 nitrogen and oxygen atoms in total. The standard InChI is InChI=1S/C16H17NO3S/c1-10-5-6-11-12(9-21-14(11)8-10)15(18)17-7-3-2-4-13(17)16(19)20/h5-6,8-9,13H,2-4,7H2,1H3,(H,19,20)/t13-/m1/s1. The molecule has 5 heteroatoms. The number of hydrogen-bond acceptors (Lipinski definition) is 3. The number of carboxylic acid groups (broad SMARTS) is 1. The molecule has 1 aliphatic heterocycles. The predicted molar refractivity (Wildman–Crippen MR) is 82.9 cm³/mol. The van der Waals surface area contributed by atoms with Crippen LogP contribution in [-0.4, -0.2) is 34.5 Å². The number of aryl methyl sites for hydroxylation is 1. The van der Waals surface area contributed by atoms with Gasteiger partial charge in [-0.25, -0.2) is 4.79 Å². The number of nitrogens with zero attached hydrogens (tertiary/aromatic N) is 1. The zero-order chi connectivity index (χ0) is 15.0. The van der Waals surface area contributed by atoms with E-state index in [4.69, 9.17) is 0 Å². The van der Waals surface area contributed by atoms with E-state index in [-0.39, 0.29) is 5.91 Å². The molecule has 0 saturated carbocycles. The van der Waals surface area contributed by atoms with Crippen LogP contribution < -0.4 is 0 Å². The summed E-state index contributed by atoms with van der Waals surface area (Å²) in [7, 11) is 0. The summed E-state index contributed by atoms with van der Waals surface area (Å²) in [6.45, 7) is 2.55. The third-order valence-electron chi connectivity index (χ3n) is 4.01. The Labute approximate surface area is 127 Å². The molecule has 1 aromatic carbocycles. The molecule has 1 aromatic heterocycles. The lowest BCUT2D eigenvalue weighted by atomic mass is 10.0. The van der Waals surface area contributed by atoms with Crippen LogP contribution >= 0.6 is 11.3 Å². The molecule has 3 rings (SSSR count). The average Bonchev–Trinajstić information content (AvgIpc) is 2.89. The fourth-order valence-electron chi connectivity index (χ4n) is 2.89. The largest absolute Gasteiger partial charge is 0.480 e. The number of aliphatic carboxylic acids is 1. The highest BCUT2D eigenvalue weighted by atomic mass is 32.1. The number of carbonyl (C=O) groups excluding carboxylic acids is 1. The Bertz CT molecular complexity index is 707. The molecule has 1 aliphatic rings. The second-order valence-electron chi connectivity index (χ2n) is 5.50. The molecule has 21 heavy (non-hydrogen) atoms. The molecule has 0 bridgehead atoms. The molecular weight excluding hydrogens is 286 g/mol. The number of carbonyl (C=O) groups is 2. The van der Waals surface area contributed by atoms with Gasteiger partial charge in [-0.2, -0.15) is 0 Å². The Kier molecular flexibility index (Phi) is 3.68. The number of benzene rings is 1. The van der Waals surface area contributed by atoms with Gasteiger partial charge >= 0.3 is 5.97 Å².